The molecule has 1 aliphatic heterocycles. The van der Waals surface area contributed by atoms with Gasteiger partial charge in [0, 0.05) is 56.5 Å². The van der Waals surface area contributed by atoms with Crippen molar-refractivity contribution in [2.45, 2.75) is 26.4 Å². The summed E-state index contributed by atoms with van der Waals surface area (Å²) in [6.45, 7) is 8.50. The zero-order valence-electron chi connectivity index (χ0n) is 24.7. The van der Waals surface area contributed by atoms with Gasteiger partial charge in [-0.05, 0) is 57.2 Å². The number of pyridine rings is 2. The summed E-state index contributed by atoms with van der Waals surface area (Å²) in [5.41, 5.74) is 0.933. The molecule has 226 valence electrons. The third-order valence-electron chi connectivity index (χ3n) is 6.85. The highest BCUT2D eigenvalue weighted by Crippen LogP contribution is 2.33. The van der Waals surface area contributed by atoms with Gasteiger partial charge >= 0.3 is 6.09 Å². The van der Waals surface area contributed by atoms with Gasteiger partial charge in [0.15, 0.2) is 0 Å². The van der Waals surface area contributed by atoms with E-state index in [2.05, 4.69) is 20.2 Å². The first-order valence-corrected chi connectivity index (χ1v) is 14.0. The molecule has 4 heterocycles. The molecule has 0 unspecified atom stereocenters. The van der Waals surface area contributed by atoms with Gasteiger partial charge in [-0.2, -0.15) is 0 Å². The first-order chi connectivity index (χ1) is 20.6. The number of anilines is 2. The molecule has 1 aliphatic rings. The van der Waals surface area contributed by atoms with Crippen molar-refractivity contribution in [3.05, 3.63) is 66.7 Å². The third-order valence-corrected chi connectivity index (χ3v) is 6.85. The van der Waals surface area contributed by atoms with E-state index in [1.807, 2.05) is 39.0 Å². The van der Waals surface area contributed by atoms with E-state index >= 15 is 0 Å². The third kappa shape index (κ3) is 6.97. The van der Waals surface area contributed by atoms with E-state index in [0.29, 0.717) is 62.0 Å². The fourth-order valence-electron chi connectivity index (χ4n) is 4.76. The largest absolute Gasteiger partial charge is 0.494 e. The molecule has 0 bridgehead atoms. The Hall–Kier alpha value is -4.84. The number of fused-ring (bicyclic) bond motifs is 1. The zero-order chi connectivity index (χ0) is 30.6. The molecule has 0 saturated carbocycles. The van der Waals surface area contributed by atoms with E-state index in [-0.39, 0.29) is 17.7 Å². The molecule has 43 heavy (non-hydrogen) atoms. The van der Waals surface area contributed by atoms with Gasteiger partial charge in [0.25, 0.3) is 5.91 Å². The van der Waals surface area contributed by atoms with Crippen LogP contribution in [0.5, 0.6) is 11.6 Å². The number of hydrogen-bond acceptors (Lipinski definition) is 9. The molecule has 2 amide bonds. The number of methoxy groups -OCH3 is 1. The monoisotopic (exact) mass is 588 g/mol. The Morgan fingerprint density at radius 1 is 1.05 bits per heavy atom. The highest BCUT2D eigenvalue weighted by atomic mass is 16.6. The number of rotatable bonds is 8. The molecule has 12 heteroatoms. The van der Waals surface area contributed by atoms with Crippen LogP contribution in [-0.4, -0.2) is 88.6 Å². The summed E-state index contributed by atoms with van der Waals surface area (Å²) < 4.78 is 17.7. The fourth-order valence-corrected chi connectivity index (χ4v) is 4.76. The first-order valence-electron chi connectivity index (χ1n) is 14.0. The molecule has 1 saturated heterocycles. The van der Waals surface area contributed by atoms with Crippen LogP contribution >= 0.6 is 0 Å². The lowest BCUT2D eigenvalue weighted by molar-refractivity contribution is 0.0240. The number of aromatic nitrogens is 3. The number of carbonyl (C=O) groups excluding carboxylic acids is 2. The average molecular weight is 589 g/mol. The van der Waals surface area contributed by atoms with Crippen LogP contribution in [-0.2, 0) is 9.47 Å². The molecule has 0 aliphatic carbocycles. The number of ether oxygens (including phenoxy) is 3. The summed E-state index contributed by atoms with van der Waals surface area (Å²) in [6, 6.07) is 12.3. The molecule has 5 rings (SSSR count). The number of benzene rings is 1. The number of carbonyl (C=O) groups is 2. The van der Waals surface area contributed by atoms with E-state index in [1.54, 1.807) is 54.9 Å². The second-order valence-corrected chi connectivity index (χ2v) is 11.1. The van der Waals surface area contributed by atoms with Gasteiger partial charge in [-0.25, -0.2) is 9.78 Å². The summed E-state index contributed by atoms with van der Waals surface area (Å²) in [5, 5.41) is 15.3. The lowest BCUT2D eigenvalue weighted by atomic mass is 10.2. The van der Waals surface area contributed by atoms with Crippen LogP contribution < -0.4 is 15.0 Å². The van der Waals surface area contributed by atoms with Crippen LogP contribution in [0.15, 0.2) is 61.1 Å². The number of nitrogens with one attached hydrogen (secondary N) is 1. The number of amides is 2. The average Bonchev–Trinajstić information content (AvgIpc) is 3.32. The molecule has 0 spiro atoms. The van der Waals surface area contributed by atoms with Gasteiger partial charge in [0.1, 0.15) is 29.5 Å². The number of aromatic hydroxyl groups is 1. The minimum atomic E-state index is -0.557. The van der Waals surface area contributed by atoms with Gasteiger partial charge in [-0.15, -0.1) is 0 Å². The molecule has 0 atom stereocenters. The van der Waals surface area contributed by atoms with Crippen LogP contribution in [0.1, 0.15) is 31.3 Å². The normalized spacial score (nSPS) is 13.7. The SMILES string of the molecule is COCCOc1ccc2cn(-c3cccc(C(=O)Nc4cnccc4N4CCN(C(=O)OC(C)(C)C)CC4)n3)c(O)c2c1. The van der Waals surface area contributed by atoms with Crippen molar-refractivity contribution in [3.63, 3.8) is 0 Å². The van der Waals surface area contributed by atoms with Gasteiger partial charge < -0.3 is 34.4 Å². The van der Waals surface area contributed by atoms with Crippen molar-refractivity contribution in [1.29, 1.82) is 0 Å². The standard InChI is InChI=1S/C31H36N6O6/c1-31(2,3)43-30(40)36-14-12-35(13-15-36)26-10-11-32-19-25(26)34-28(38)24-6-5-7-27(33-24)37-20-21-8-9-22(42-17-16-41-4)18-23(21)29(37)39/h5-11,18-20,39H,12-17H2,1-4H3,(H,34,38). The van der Waals surface area contributed by atoms with E-state index in [0.717, 1.165) is 11.1 Å². The number of hydrogen-bond donors (Lipinski definition) is 2. The molecule has 12 nitrogen and oxygen atoms in total. The van der Waals surface area contributed by atoms with Gasteiger partial charge in [0.2, 0.25) is 5.88 Å². The Kier molecular flexibility index (Phi) is 8.67. The molecule has 2 N–H and O–H groups in total. The van der Waals surface area contributed by atoms with Crippen LogP contribution in [0.25, 0.3) is 16.6 Å². The molecule has 1 aromatic carbocycles. The lowest BCUT2D eigenvalue weighted by Crippen LogP contribution is -2.50. The van der Waals surface area contributed by atoms with Gasteiger partial charge in [-0.3, -0.25) is 14.3 Å². The van der Waals surface area contributed by atoms with Crippen LogP contribution in [0.3, 0.4) is 0 Å². The zero-order valence-corrected chi connectivity index (χ0v) is 24.7. The minimum absolute atomic E-state index is 0.0164. The van der Waals surface area contributed by atoms with E-state index in [1.165, 1.54) is 4.57 Å². The maximum Gasteiger partial charge on any atom is 0.410 e. The Labute approximate surface area is 249 Å². The van der Waals surface area contributed by atoms with Crippen LogP contribution in [0.4, 0.5) is 16.2 Å². The molecule has 1 fully saturated rings. The van der Waals surface area contributed by atoms with E-state index in [4.69, 9.17) is 14.2 Å². The van der Waals surface area contributed by atoms with Gasteiger partial charge in [0.05, 0.1) is 24.2 Å². The molecular weight excluding hydrogens is 552 g/mol. The van der Waals surface area contributed by atoms with Crippen molar-refractivity contribution in [2.24, 2.45) is 0 Å². The Balaban J connectivity index is 1.30. The second kappa shape index (κ2) is 12.6. The van der Waals surface area contributed by atoms with Crippen molar-refractivity contribution in [3.8, 4) is 17.4 Å². The lowest BCUT2D eigenvalue weighted by Gasteiger charge is -2.37. The van der Waals surface area contributed by atoms with Crippen LogP contribution in [0, 0.1) is 0 Å². The molecular formula is C31H36N6O6. The Morgan fingerprint density at radius 3 is 2.58 bits per heavy atom. The van der Waals surface area contributed by atoms with Crippen molar-refractivity contribution < 1.29 is 28.9 Å². The van der Waals surface area contributed by atoms with E-state index < -0.39 is 11.5 Å². The summed E-state index contributed by atoms with van der Waals surface area (Å²) >= 11 is 0. The first kappa shape index (κ1) is 29.6. The van der Waals surface area contributed by atoms with Gasteiger partial charge in [-0.1, -0.05) is 6.07 Å². The topological polar surface area (TPSA) is 131 Å². The highest BCUT2D eigenvalue weighted by Gasteiger charge is 2.27. The highest BCUT2D eigenvalue weighted by molar-refractivity contribution is 6.04. The predicted octanol–water partition coefficient (Wildman–Crippen LogP) is 4.46. The Morgan fingerprint density at radius 2 is 1.84 bits per heavy atom. The number of piperazine rings is 1. The number of nitrogens with zero attached hydrogens (tertiary/aromatic N) is 5. The minimum Gasteiger partial charge on any atom is -0.494 e. The predicted molar refractivity (Wildman–Crippen MR) is 162 cm³/mol. The van der Waals surface area contributed by atoms with E-state index in [9.17, 15) is 14.7 Å². The van der Waals surface area contributed by atoms with Crippen LogP contribution in [0.2, 0.25) is 0 Å². The summed E-state index contributed by atoms with van der Waals surface area (Å²) in [4.78, 5) is 38.3. The summed E-state index contributed by atoms with van der Waals surface area (Å²) in [6.07, 6.45) is 4.68. The smallest absolute Gasteiger partial charge is 0.410 e. The second-order valence-electron chi connectivity index (χ2n) is 11.1. The summed E-state index contributed by atoms with van der Waals surface area (Å²) in [7, 11) is 1.60. The maximum absolute atomic E-state index is 13.3. The quantitative estimate of drug-likeness (QED) is 0.286. The van der Waals surface area contributed by atoms with Crippen molar-refractivity contribution in [1.82, 2.24) is 19.4 Å². The Bertz CT molecular complexity index is 1610. The maximum atomic E-state index is 13.3. The molecule has 0 radical (unpaired) electrons. The molecule has 4 aromatic rings. The summed E-state index contributed by atoms with van der Waals surface area (Å²) in [5.74, 6) is 0.552. The van der Waals surface area contributed by atoms with Crippen molar-refractivity contribution in [2.75, 3.05) is 56.7 Å². The van der Waals surface area contributed by atoms with Crippen molar-refractivity contribution >= 4 is 34.1 Å². The fraction of sp³-hybridized carbons (Fsp3) is 0.355. The molecule has 3 aromatic heterocycles.